The number of rotatable bonds is 6. The Kier molecular flexibility index (Phi) is 8.27. The van der Waals surface area contributed by atoms with Crippen molar-refractivity contribution in [2.75, 3.05) is 45.9 Å². The highest BCUT2D eigenvalue weighted by molar-refractivity contribution is 6.17. The molecule has 4 aromatic rings. The van der Waals surface area contributed by atoms with Crippen LogP contribution in [0, 0.1) is 22.5 Å². The van der Waals surface area contributed by atoms with E-state index in [0.717, 1.165) is 0 Å². The predicted molar refractivity (Wildman–Crippen MR) is 211 cm³/mol. The normalized spacial score (nSPS) is 23.7. The lowest BCUT2D eigenvalue weighted by molar-refractivity contribution is -0.121. The van der Waals surface area contributed by atoms with E-state index in [1.165, 1.54) is 68.1 Å². The molecule has 4 fully saturated rings. The molecule has 4 aliphatic heterocycles. The SMILES string of the molecule is CC1(C)C[C@@]12C(=O)N(c1cc(C(=O)O)cc(N3CCOC3=O)c1)c1ccc(F)cc12.CC1(C)C[C@]12C(=O)N(c1cc(C(=O)O)cc(N3CCOC3=O)c1)c1ccc(F)cc12. The van der Waals surface area contributed by atoms with E-state index in [2.05, 4.69) is 0 Å². The van der Waals surface area contributed by atoms with Crippen LogP contribution in [-0.4, -0.2) is 72.5 Å². The topological polar surface area (TPSA) is 174 Å². The standard InChI is InChI=1S/2C22H19FN2O5/c2*1-21(2)11-22(21)16-9-13(23)3-4-17(16)25(19(22)28)15-8-12(18(26)27)7-14(10-15)24-5-6-30-20(24)29/h2*3-4,7-10H,5-6,11H2,1-2H3,(H,26,27)/t2*22-/m10/s1. The lowest BCUT2D eigenvalue weighted by Crippen LogP contribution is -2.31. The summed E-state index contributed by atoms with van der Waals surface area (Å²) in [6.45, 7) is 8.82. The molecular formula is C44H38F2N4O10. The van der Waals surface area contributed by atoms with E-state index in [1.54, 1.807) is 24.3 Å². The summed E-state index contributed by atoms with van der Waals surface area (Å²) in [5.74, 6) is -3.65. The Balaban J connectivity index is 0.000000154. The molecule has 0 unspecified atom stereocenters. The lowest BCUT2D eigenvalue weighted by Gasteiger charge is -2.22. The van der Waals surface area contributed by atoms with Gasteiger partial charge >= 0.3 is 24.1 Å². The lowest BCUT2D eigenvalue weighted by atomic mass is 9.89. The van der Waals surface area contributed by atoms with Crippen molar-refractivity contribution in [2.24, 2.45) is 10.8 Å². The van der Waals surface area contributed by atoms with Crippen LogP contribution in [0.15, 0.2) is 72.8 Å². The van der Waals surface area contributed by atoms with E-state index in [-0.39, 0.29) is 60.1 Å². The number of carboxylic acids is 2. The average molecular weight is 821 g/mol. The third-order valence-electron chi connectivity index (χ3n) is 12.9. The molecule has 0 bridgehead atoms. The van der Waals surface area contributed by atoms with E-state index >= 15 is 0 Å². The van der Waals surface area contributed by atoms with Crippen LogP contribution in [0.3, 0.4) is 0 Å². The number of fused-ring (bicyclic) bond motifs is 4. The van der Waals surface area contributed by atoms with Gasteiger partial charge in [0.25, 0.3) is 0 Å². The number of carbonyl (C=O) groups excluding carboxylic acids is 4. The van der Waals surface area contributed by atoms with Crippen molar-refractivity contribution >= 4 is 70.1 Å². The molecule has 2 atom stereocenters. The number of hydrogen-bond acceptors (Lipinski definition) is 8. The summed E-state index contributed by atoms with van der Waals surface area (Å²) < 4.78 is 38.0. The second kappa shape index (κ2) is 12.8. The van der Waals surface area contributed by atoms with Crippen LogP contribution >= 0.6 is 0 Å². The summed E-state index contributed by atoms with van der Waals surface area (Å²) in [5.41, 5.74) is 1.12. The Labute approximate surface area is 341 Å². The molecule has 6 aliphatic rings. The van der Waals surface area contributed by atoms with Crippen molar-refractivity contribution in [1.82, 2.24) is 0 Å². The third-order valence-corrected chi connectivity index (χ3v) is 12.9. The monoisotopic (exact) mass is 820 g/mol. The van der Waals surface area contributed by atoms with E-state index in [1.807, 2.05) is 27.7 Å². The van der Waals surface area contributed by atoms with Crippen LogP contribution in [0.2, 0.25) is 0 Å². The van der Waals surface area contributed by atoms with Crippen LogP contribution in [0.4, 0.5) is 52.5 Å². The molecule has 0 radical (unpaired) electrons. The molecule has 14 nitrogen and oxygen atoms in total. The van der Waals surface area contributed by atoms with Gasteiger partial charge in [0.1, 0.15) is 24.8 Å². The van der Waals surface area contributed by atoms with Crippen molar-refractivity contribution in [3.05, 3.63) is 107 Å². The number of aromatic carboxylic acids is 2. The zero-order valence-corrected chi connectivity index (χ0v) is 32.9. The van der Waals surface area contributed by atoms with Gasteiger partial charge in [-0.15, -0.1) is 0 Å². The van der Waals surface area contributed by atoms with Gasteiger partial charge in [-0.3, -0.25) is 29.2 Å². The molecule has 2 N–H and O–H groups in total. The summed E-state index contributed by atoms with van der Waals surface area (Å²) in [4.78, 5) is 80.3. The highest BCUT2D eigenvalue weighted by Gasteiger charge is 2.73. The first-order chi connectivity index (χ1) is 28.3. The fourth-order valence-electron chi connectivity index (χ4n) is 9.58. The number of amides is 4. The average Bonchev–Trinajstić information content (AvgIpc) is 3.54. The van der Waals surface area contributed by atoms with Gasteiger partial charge in [0, 0.05) is 0 Å². The number of ether oxygens (including phenoxy) is 2. The number of anilines is 6. The van der Waals surface area contributed by atoms with Gasteiger partial charge in [0.15, 0.2) is 0 Å². The van der Waals surface area contributed by atoms with Crippen molar-refractivity contribution < 1.29 is 57.2 Å². The van der Waals surface area contributed by atoms with E-state index < -0.39 is 46.6 Å². The zero-order valence-electron chi connectivity index (χ0n) is 32.9. The molecular weight excluding hydrogens is 782 g/mol. The van der Waals surface area contributed by atoms with Gasteiger partial charge in [-0.2, -0.15) is 0 Å². The first kappa shape index (κ1) is 38.7. The molecule has 4 amide bonds. The summed E-state index contributed by atoms with van der Waals surface area (Å²) >= 11 is 0. The Hall–Kier alpha value is -6.84. The fourth-order valence-corrected chi connectivity index (χ4v) is 9.58. The van der Waals surface area contributed by atoms with Gasteiger partial charge in [0.2, 0.25) is 11.8 Å². The first-order valence-corrected chi connectivity index (χ1v) is 19.3. The van der Waals surface area contributed by atoms with Crippen LogP contribution in [-0.2, 0) is 29.9 Å². The summed E-state index contributed by atoms with van der Waals surface area (Å²) in [6, 6.07) is 17.2. The van der Waals surface area contributed by atoms with E-state index in [9.17, 15) is 47.8 Å². The van der Waals surface area contributed by atoms with E-state index in [0.29, 0.717) is 58.1 Å². The molecule has 16 heteroatoms. The minimum absolute atomic E-state index is 0.0605. The number of nitrogens with zero attached hydrogens (tertiary/aromatic N) is 4. The number of carbonyl (C=O) groups is 6. The van der Waals surface area contributed by atoms with Crippen molar-refractivity contribution in [1.29, 1.82) is 0 Å². The van der Waals surface area contributed by atoms with Crippen LogP contribution in [0.25, 0.3) is 0 Å². The zero-order chi connectivity index (χ0) is 42.8. The maximum absolute atomic E-state index is 14.1. The first-order valence-electron chi connectivity index (χ1n) is 19.3. The summed E-state index contributed by atoms with van der Waals surface area (Å²) in [7, 11) is 0. The number of carboxylic acid groups (broad SMARTS) is 2. The van der Waals surface area contributed by atoms with Gasteiger partial charge in [-0.1, -0.05) is 27.7 Å². The maximum Gasteiger partial charge on any atom is 0.414 e. The molecule has 4 aromatic carbocycles. The molecule has 10 rings (SSSR count). The number of benzene rings is 4. The molecule has 60 heavy (non-hydrogen) atoms. The van der Waals surface area contributed by atoms with Crippen LogP contribution in [0.1, 0.15) is 72.4 Å². The third kappa shape index (κ3) is 5.49. The molecule has 2 aliphatic carbocycles. The molecule has 4 heterocycles. The van der Waals surface area contributed by atoms with E-state index in [4.69, 9.17) is 9.47 Å². The second-order valence-corrected chi connectivity index (χ2v) is 17.2. The van der Waals surface area contributed by atoms with Crippen molar-refractivity contribution in [2.45, 2.75) is 51.4 Å². The maximum atomic E-state index is 14.1. The molecule has 2 spiro atoms. The number of hydrogen-bond donors (Lipinski definition) is 2. The minimum Gasteiger partial charge on any atom is -0.478 e. The Bertz CT molecular complexity index is 2470. The number of cyclic esters (lactones) is 2. The van der Waals surface area contributed by atoms with Crippen LogP contribution in [0.5, 0.6) is 0 Å². The molecule has 2 saturated heterocycles. The number of halogens is 2. The Morgan fingerprint density at radius 1 is 0.567 bits per heavy atom. The largest absolute Gasteiger partial charge is 0.478 e. The van der Waals surface area contributed by atoms with Crippen LogP contribution < -0.4 is 19.6 Å². The summed E-state index contributed by atoms with van der Waals surface area (Å²) in [5, 5.41) is 19.2. The fraction of sp³-hybridized carbons (Fsp3) is 0.318. The Morgan fingerprint density at radius 3 is 1.22 bits per heavy atom. The van der Waals surface area contributed by atoms with Gasteiger partial charge < -0.3 is 19.7 Å². The minimum atomic E-state index is -1.18. The quantitative estimate of drug-likeness (QED) is 0.197. The molecule has 308 valence electrons. The van der Waals surface area contributed by atoms with Gasteiger partial charge in [-0.05, 0) is 108 Å². The van der Waals surface area contributed by atoms with Gasteiger partial charge in [-0.25, -0.2) is 28.0 Å². The Morgan fingerprint density at radius 2 is 0.917 bits per heavy atom. The van der Waals surface area contributed by atoms with Gasteiger partial charge in [0.05, 0.1) is 69.2 Å². The highest BCUT2D eigenvalue weighted by Crippen LogP contribution is 2.71. The molecule has 0 aromatic heterocycles. The smallest absolute Gasteiger partial charge is 0.414 e. The highest BCUT2D eigenvalue weighted by atomic mass is 19.1. The predicted octanol–water partition coefficient (Wildman–Crippen LogP) is 7.65. The molecule has 2 saturated carbocycles. The van der Waals surface area contributed by atoms with Crippen molar-refractivity contribution in [3.8, 4) is 0 Å². The second-order valence-electron chi connectivity index (χ2n) is 17.2. The summed E-state index contributed by atoms with van der Waals surface area (Å²) in [6.07, 6.45) is 0.0165. The van der Waals surface area contributed by atoms with Crippen molar-refractivity contribution in [3.63, 3.8) is 0 Å².